The van der Waals surface area contributed by atoms with Gasteiger partial charge in [0.25, 0.3) is 0 Å². The first-order chi connectivity index (χ1) is 10.3. The Balaban J connectivity index is 1.90. The first-order valence-corrected chi connectivity index (χ1v) is 7.33. The van der Waals surface area contributed by atoms with Gasteiger partial charge in [0, 0.05) is 23.8 Å². The first-order valence-electron chi connectivity index (χ1n) is 7.33. The summed E-state index contributed by atoms with van der Waals surface area (Å²) in [6, 6.07) is 16.7. The van der Waals surface area contributed by atoms with Gasteiger partial charge in [0.2, 0.25) is 0 Å². The summed E-state index contributed by atoms with van der Waals surface area (Å²) in [4.78, 5) is 6.71. The molecule has 3 nitrogen and oxygen atoms in total. The van der Waals surface area contributed by atoms with E-state index in [-0.39, 0.29) is 0 Å². The van der Waals surface area contributed by atoms with Crippen LogP contribution in [0.1, 0.15) is 12.0 Å². The van der Waals surface area contributed by atoms with Crippen molar-refractivity contribution < 1.29 is 0 Å². The second kappa shape index (κ2) is 4.77. The van der Waals surface area contributed by atoms with E-state index in [9.17, 15) is 0 Å². The molecule has 0 saturated carbocycles. The number of fused-ring (bicyclic) bond motifs is 2. The maximum atomic E-state index is 6.43. The zero-order chi connectivity index (χ0) is 14.2. The van der Waals surface area contributed by atoms with Gasteiger partial charge in [0.05, 0.1) is 16.9 Å². The summed E-state index contributed by atoms with van der Waals surface area (Å²) in [5.41, 5.74) is 12.0. The smallest absolute Gasteiger partial charge is 0.0724 e. The molecule has 21 heavy (non-hydrogen) atoms. The van der Waals surface area contributed by atoms with Gasteiger partial charge >= 0.3 is 0 Å². The Kier molecular flexibility index (Phi) is 2.78. The minimum Gasteiger partial charge on any atom is -0.396 e. The molecule has 0 unspecified atom stereocenters. The predicted octanol–water partition coefficient (Wildman–Crippen LogP) is 3.90. The van der Waals surface area contributed by atoms with Crippen LogP contribution in [0.5, 0.6) is 0 Å². The number of hydrogen-bond donors (Lipinski definition) is 1. The van der Waals surface area contributed by atoms with E-state index in [0.717, 1.165) is 41.7 Å². The minimum absolute atomic E-state index is 0.817. The van der Waals surface area contributed by atoms with Crippen molar-refractivity contribution in [3.63, 3.8) is 0 Å². The van der Waals surface area contributed by atoms with Gasteiger partial charge in [0.1, 0.15) is 0 Å². The Labute approximate surface area is 124 Å². The number of nitrogens with zero attached hydrogens (tertiary/aromatic N) is 2. The van der Waals surface area contributed by atoms with Gasteiger partial charge < -0.3 is 10.6 Å². The van der Waals surface area contributed by atoms with Crippen LogP contribution in [0.3, 0.4) is 0 Å². The number of nitrogens with two attached hydrogens (primary N) is 1. The van der Waals surface area contributed by atoms with Crippen LogP contribution in [0, 0.1) is 0 Å². The van der Waals surface area contributed by atoms with E-state index in [4.69, 9.17) is 5.73 Å². The maximum absolute atomic E-state index is 6.43. The second-order valence-electron chi connectivity index (χ2n) is 5.45. The number of aryl methyl sites for hydroxylation is 1. The summed E-state index contributed by atoms with van der Waals surface area (Å²) in [6.45, 7) is 1.01. The first kappa shape index (κ1) is 12.2. The molecule has 0 atom stereocenters. The highest BCUT2D eigenvalue weighted by molar-refractivity contribution is 5.98. The topological polar surface area (TPSA) is 42.1 Å². The van der Waals surface area contributed by atoms with Crippen LogP contribution in [0.25, 0.3) is 10.9 Å². The van der Waals surface area contributed by atoms with Crippen LogP contribution in [-0.2, 0) is 6.42 Å². The van der Waals surface area contributed by atoms with Crippen molar-refractivity contribution in [3.8, 4) is 0 Å². The molecule has 0 aliphatic carbocycles. The zero-order valence-corrected chi connectivity index (χ0v) is 11.8. The third-order valence-electron chi connectivity index (χ3n) is 4.20. The molecule has 0 spiro atoms. The molecule has 1 aromatic heterocycles. The fraction of sp³-hybridized carbons (Fsp3) is 0.167. The Morgan fingerprint density at radius 3 is 2.81 bits per heavy atom. The van der Waals surface area contributed by atoms with E-state index in [1.807, 2.05) is 12.1 Å². The molecular weight excluding hydrogens is 258 g/mol. The lowest BCUT2D eigenvalue weighted by molar-refractivity contribution is 0.768. The lowest BCUT2D eigenvalue weighted by Crippen LogP contribution is -2.25. The summed E-state index contributed by atoms with van der Waals surface area (Å²) < 4.78 is 0. The second-order valence-corrected chi connectivity index (χ2v) is 5.45. The van der Waals surface area contributed by atoms with E-state index in [1.165, 1.54) is 11.3 Å². The van der Waals surface area contributed by atoms with Gasteiger partial charge in [-0.3, -0.25) is 4.98 Å². The van der Waals surface area contributed by atoms with Gasteiger partial charge in [-0.1, -0.05) is 18.2 Å². The molecule has 2 aromatic carbocycles. The molecule has 4 rings (SSSR count). The lowest BCUT2D eigenvalue weighted by Gasteiger charge is -2.32. The molecule has 0 bridgehead atoms. The molecule has 0 saturated heterocycles. The fourth-order valence-corrected chi connectivity index (χ4v) is 3.18. The minimum atomic E-state index is 0.817. The Hall–Kier alpha value is -2.55. The zero-order valence-electron chi connectivity index (χ0n) is 11.8. The Morgan fingerprint density at radius 2 is 1.86 bits per heavy atom. The fourth-order valence-electron chi connectivity index (χ4n) is 3.18. The summed E-state index contributed by atoms with van der Waals surface area (Å²) in [5.74, 6) is 0. The number of hydrogen-bond acceptors (Lipinski definition) is 3. The van der Waals surface area contributed by atoms with Crippen molar-refractivity contribution in [2.75, 3.05) is 17.2 Å². The maximum Gasteiger partial charge on any atom is 0.0724 e. The van der Waals surface area contributed by atoms with Crippen LogP contribution in [-0.4, -0.2) is 11.5 Å². The van der Waals surface area contributed by atoms with Crippen molar-refractivity contribution in [1.29, 1.82) is 0 Å². The quantitative estimate of drug-likeness (QED) is 0.685. The van der Waals surface area contributed by atoms with Crippen molar-refractivity contribution in [2.24, 2.45) is 0 Å². The van der Waals surface area contributed by atoms with Gasteiger partial charge in [-0.15, -0.1) is 0 Å². The number of nitrogen functional groups attached to an aromatic ring is 1. The highest BCUT2D eigenvalue weighted by Gasteiger charge is 2.20. The van der Waals surface area contributed by atoms with E-state index in [2.05, 4.69) is 46.3 Å². The Morgan fingerprint density at radius 1 is 0.952 bits per heavy atom. The van der Waals surface area contributed by atoms with Crippen molar-refractivity contribution in [2.45, 2.75) is 12.8 Å². The van der Waals surface area contributed by atoms with Crippen LogP contribution in [0.4, 0.5) is 17.1 Å². The van der Waals surface area contributed by atoms with Gasteiger partial charge in [-0.25, -0.2) is 0 Å². The SMILES string of the molecule is Nc1c(N2CCCc3ccccc32)ccc2ncccc12. The molecule has 1 aliphatic heterocycles. The van der Waals surface area contributed by atoms with Crippen LogP contribution in [0.15, 0.2) is 54.7 Å². The summed E-state index contributed by atoms with van der Waals surface area (Å²) >= 11 is 0. The van der Waals surface area contributed by atoms with Crippen LogP contribution < -0.4 is 10.6 Å². The monoisotopic (exact) mass is 275 g/mol. The molecule has 2 N–H and O–H groups in total. The Bertz CT molecular complexity index is 810. The average molecular weight is 275 g/mol. The molecule has 0 fully saturated rings. The predicted molar refractivity (Wildman–Crippen MR) is 87.9 cm³/mol. The van der Waals surface area contributed by atoms with E-state index in [1.54, 1.807) is 6.20 Å². The van der Waals surface area contributed by atoms with Crippen molar-refractivity contribution in [3.05, 3.63) is 60.3 Å². The summed E-state index contributed by atoms with van der Waals surface area (Å²) in [7, 11) is 0. The highest BCUT2D eigenvalue weighted by atomic mass is 15.2. The number of anilines is 3. The van der Waals surface area contributed by atoms with Crippen molar-refractivity contribution >= 4 is 28.0 Å². The molecular formula is C18H17N3. The van der Waals surface area contributed by atoms with E-state index < -0.39 is 0 Å². The number of rotatable bonds is 1. The molecule has 3 aromatic rings. The molecule has 3 heteroatoms. The average Bonchev–Trinajstić information content (AvgIpc) is 2.55. The van der Waals surface area contributed by atoms with Gasteiger partial charge in [0.15, 0.2) is 0 Å². The van der Waals surface area contributed by atoms with Gasteiger partial charge in [-0.05, 0) is 48.7 Å². The lowest BCUT2D eigenvalue weighted by atomic mass is 10.0. The number of benzene rings is 2. The standard InChI is InChI=1S/C18H17N3/c19-18-14-7-3-11-20-15(14)9-10-17(18)21-12-4-6-13-5-1-2-8-16(13)21/h1-3,5,7-11H,4,6,12,19H2. The van der Waals surface area contributed by atoms with Crippen molar-refractivity contribution in [1.82, 2.24) is 4.98 Å². The molecule has 1 aliphatic rings. The van der Waals surface area contributed by atoms with Crippen LogP contribution in [0.2, 0.25) is 0 Å². The molecule has 0 amide bonds. The van der Waals surface area contributed by atoms with E-state index >= 15 is 0 Å². The third-order valence-corrected chi connectivity index (χ3v) is 4.20. The highest BCUT2D eigenvalue weighted by Crippen LogP contribution is 2.38. The number of para-hydroxylation sites is 1. The molecule has 0 radical (unpaired) electrons. The summed E-state index contributed by atoms with van der Waals surface area (Å²) in [5, 5.41) is 1.03. The van der Waals surface area contributed by atoms with E-state index in [0.29, 0.717) is 0 Å². The third kappa shape index (κ3) is 1.93. The number of pyridine rings is 1. The normalized spacial score (nSPS) is 14.2. The summed E-state index contributed by atoms with van der Waals surface area (Å²) in [6.07, 6.45) is 4.10. The van der Waals surface area contributed by atoms with Crippen LogP contribution >= 0.6 is 0 Å². The molecule has 2 heterocycles. The molecule has 104 valence electrons. The number of aromatic nitrogens is 1. The van der Waals surface area contributed by atoms with Gasteiger partial charge in [-0.2, -0.15) is 0 Å². The largest absolute Gasteiger partial charge is 0.396 e.